The monoisotopic (exact) mass is 268 g/mol. The second kappa shape index (κ2) is 3.53. The molecule has 2 saturated carbocycles. The maximum Gasteiger partial charge on any atom is 0.273 e. The van der Waals surface area contributed by atoms with E-state index in [-0.39, 0.29) is 5.56 Å². The zero-order chi connectivity index (χ0) is 13.3. The van der Waals surface area contributed by atoms with E-state index in [1.165, 1.54) is 25.7 Å². The molecule has 5 nitrogen and oxygen atoms in total. The molecule has 3 heterocycles. The summed E-state index contributed by atoms with van der Waals surface area (Å²) < 4.78 is 2.14. The van der Waals surface area contributed by atoms with Gasteiger partial charge in [-0.25, -0.2) is 4.98 Å². The van der Waals surface area contributed by atoms with E-state index in [1.807, 2.05) is 12.3 Å². The molecule has 0 aliphatic heterocycles. The van der Waals surface area contributed by atoms with Crippen LogP contribution in [0.1, 0.15) is 31.7 Å². The first kappa shape index (κ1) is 10.7. The fourth-order valence-electron chi connectivity index (χ4n) is 4.42. The molecule has 0 saturated heterocycles. The molecule has 2 bridgehead atoms. The lowest BCUT2D eigenvalue weighted by Gasteiger charge is -2.23. The smallest absolute Gasteiger partial charge is 0.273 e. The molecule has 3 unspecified atom stereocenters. The van der Waals surface area contributed by atoms with E-state index < -0.39 is 0 Å². The number of nitrogens with zero attached hydrogens (tertiary/aromatic N) is 2. The number of pyridine rings is 1. The van der Waals surface area contributed by atoms with Gasteiger partial charge in [-0.15, -0.1) is 0 Å². The molecular weight excluding hydrogens is 252 g/mol. The van der Waals surface area contributed by atoms with Gasteiger partial charge >= 0.3 is 0 Å². The highest BCUT2D eigenvalue weighted by atomic mass is 16.1. The molecule has 0 amide bonds. The number of rotatable bonds is 1. The van der Waals surface area contributed by atoms with Crippen molar-refractivity contribution in [1.29, 1.82) is 0 Å². The van der Waals surface area contributed by atoms with E-state index >= 15 is 0 Å². The molecule has 0 radical (unpaired) electrons. The van der Waals surface area contributed by atoms with E-state index in [0.717, 1.165) is 28.4 Å². The first-order chi connectivity index (χ1) is 9.81. The third-order valence-corrected chi connectivity index (χ3v) is 5.30. The molecule has 102 valence electrons. The van der Waals surface area contributed by atoms with E-state index in [0.29, 0.717) is 11.4 Å². The van der Waals surface area contributed by atoms with Gasteiger partial charge in [-0.3, -0.25) is 14.6 Å². The Morgan fingerprint density at radius 3 is 3.00 bits per heavy atom. The number of hydrogen-bond donors (Lipinski definition) is 2. The molecule has 5 rings (SSSR count). The molecular formula is C15H16N4O. The SMILES string of the molecule is O=c1[nH]n(C2CC3CCC2C3)c2c1cnc1[nH]ccc12. The Morgan fingerprint density at radius 2 is 2.20 bits per heavy atom. The van der Waals surface area contributed by atoms with Crippen LogP contribution in [0, 0.1) is 11.8 Å². The van der Waals surface area contributed by atoms with Crippen LogP contribution in [0.3, 0.4) is 0 Å². The molecule has 5 heteroatoms. The van der Waals surface area contributed by atoms with Crippen molar-refractivity contribution in [2.45, 2.75) is 31.7 Å². The van der Waals surface area contributed by atoms with Crippen LogP contribution in [0.25, 0.3) is 21.9 Å². The Bertz CT molecular complexity index is 871. The van der Waals surface area contributed by atoms with Crippen molar-refractivity contribution >= 4 is 21.9 Å². The average molecular weight is 268 g/mol. The van der Waals surface area contributed by atoms with Gasteiger partial charge in [-0.05, 0) is 37.2 Å². The summed E-state index contributed by atoms with van der Waals surface area (Å²) in [5, 5.41) is 4.82. The third kappa shape index (κ3) is 1.23. The van der Waals surface area contributed by atoms with Gasteiger partial charge in [-0.2, -0.15) is 0 Å². The molecule has 0 aromatic carbocycles. The first-order valence-corrected chi connectivity index (χ1v) is 7.37. The van der Waals surface area contributed by atoms with Crippen LogP contribution < -0.4 is 5.56 Å². The maximum atomic E-state index is 12.2. The lowest BCUT2D eigenvalue weighted by atomic mass is 9.95. The van der Waals surface area contributed by atoms with Gasteiger partial charge < -0.3 is 4.98 Å². The molecule has 2 aliphatic rings. The molecule has 2 aliphatic carbocycles. The summed E-state index contributed by atoms with van der Waals surface area (Å²) in [5.41, 5.74) is 1.87. The fourth-order valence-corrected chi connectivity index (χ4v) is 4.42. The molecule has 3 aromatic rings. The van der Waals surface area contributed by atoms with Crippen LogP contribution in [0.15, 0.2) is 23.3 Å². The number of aromatic nitrogens is 4. The minimum atomic E-state index is -0.0154. The summed E-state index contributed by atoms with van der Waals surface area (Å²) in [6, 6.07) is 2.47. The minimum Gasteiger partial charge on any atom is -0.346 e. The van der Waals surface area contributed by atoms with Gasteiger partial charge in [0.15, 0.2) is 0 Å². The zero-order valence-electron chi connectivity index (χ0n) is 11.1. The molecule has 20 heavy (non-hydrogen) atoms. The second-order valence-electron chi connectivity index (χ2n) is 6.31. The van der Waals surface area contributed by atoms with Crippen molar-refractivity contribution in [2.75, 3.05) is 0 Å². The van der Waals surface area contributed by atoms with Gasteiger partial charge in [0.05, 0.1) is 16.9 Å². The summed E-state index contributed by atoms with van der Waals surface area (Å²) in [4.78, 5) is 19.7. The highest BCUT2D eigenvalue weighted by molar-refractivity contribution is 6.02. The molecule has 3 aromatic heterocycles. The normalized spacial score (nSPS) is 28.9. The van der Waals surface area contributed by atoms with Crippen molar-refractivity contribution in [1.82, 2.24) is 19.7 Å². The zero-order valence-corrected chi connectivity index (χ0v) is 11.1. The van der Waals surface area contributed by atoms with Crippen LogP contribution in [-0.4, -0.2) is 19.7 Å². The maximum absolute atomic E-state index is 12.2. The summed E-state index contributed by atoms with van der Waals surface area (Å²) in [6.45, 7) is 0. The van der Waals surface area contributed by atoms with Crippen molar-refractivity contribution in [3.05, 3.63) is 28.8 Å². The third-order valence-electron chi connectivity index (χ3n) is 5.30. The van der Waals surface area contributed by atoms with Crippen molar-refractivity contribution < 1.29 is 0 Å². The molecule has 2 N–H and O–H groups in total. The molecule has 3 atom stereocenters. The first-order valence-electron chi connectivity index (χ1n) is 7.37. The lowest BCUT2D eigenvalue weighted by molar-refractivity contribution is 0.313. The van der Waals surface area contributed by atoms with Gasteiger partial charge in [0.2, 0.25) is 0 Å². The topological polar surface area (TPSA) is 66.5 Å². The number of aromatic amines is 2. The Balaban J connectivity index is 1.83. The molecule has 0 spiro atoms. The van der Waals surface area contributed by atoms with E-state index in [1.54, 1.807) is 6.20 Å². The van der Waals surface area contributed by atoms with Crippen LogP contribution in [0.4, 0.5) is 0 Å². The van der Waals surface area contributed by atoms with Crippen LogP contribution in [-0.2, 0) is 0 Å². The van der Waals surface area contributed by atoms with Gasteiger partial charge in [0.25, 0.3) is 5.56 Å². The molecule has 2 fully saturated rings. The van der Waals surface area contributed by atoms with Crippen molar-refractivity contribution in [3.63, 3.8) is 0 Å². The quantitative estimate of drug-likeness (QED) is 0.712. The summed E-state index contributed by atoms with van der Waals surface area (Å²) in [6.07, 6.45) is 8.78. The number of fused-ring (bicyclic) bond motifs is 5. The summed E-state index contributed by atoms with van der Waals surface area (Å²) >= 11 is 0. The Morgan fingerprint density at radius 1 is 1.25 bits per heavy atom. The highest BCUT2D eigenvalue weighted by Gasteiger charge is 2.41. The van der Waals surface area contributed by atoms with E-state index in [2.05, 4.69) is 19.7 Å². The van der Waals surface area contributed by atoms with Crippen LogP contribution >= 0.6 is 0 Å². The highest BCUT2D eigenvalue weighted by Crippen LogP contribution is 2.51. The largest absolute Gasteiger partial charge is 0.346 e. The summed E-state index contributed by atoms with van der Waals surface area (Å²) in [5.74, 6) is 1.59. The summed E-state index contributed by atoms with van der Waals surface area (Å²) in [7, 11) is 0. The van der Waals surface area contributed by atoms with Crippen molar-refractivity contribution in [3.8, 4) is 0 Å². The van der Waals surface area contributed by atoms with Gasteiger partial charge in [0, 0.05) is 17.8 Å². The van der Waals surface area contributed by atoms with Gasteiger partial charge in [-0.1, -0.05) is 6.42 Å². The second-order valence-corrected chi connectivity index (χ2v) is 6.31. The van der Waals surface area contributed by atoms with Crippen LogP contribution in [0.5, 0.6) is 0 Å². The lowest BCUT2D eigenvalue weighted by Crippen LogP contribution is -2.19. The number of hydrogen-bond acceptors (Lipinski definition) is 2. The Labute approximate surface area is 115 Å². The van der Waals surface area contributed by atoms with E-state index in [9.17, 15) is 4.79 Å². The Kier molecular flexibility index (Phi) is 1.89. The van der Waals surface area contributed by atoms with Crippen LogP contribution in [0.2, 0.25) is 0 Å². The average Bonchev–Trinajstić information content (AvgIpc) is 3.20. The fraction of sp³-hybridized carbons (Fsp3) is 0.467. The number of H-pyrrole nitrogens is 2. The standard InChI is InChI=1S/C15H16N4O/c20-15-11-7-17-14-10(3-4-16-14)13(11)19(18-15)12-6-8-1-2-9(12)5-8/h3-4,7-9,12H,1-2,5-6H2,(H,16,17)(H,18,20). The minimum absolute atomic E-state index is 0.0154. The predicted molar refractivity (Wildman–Crippen MR) is 76.7 cm³/mol. The van der Waals surface area contributed by atoms with Crippen molar-refractivity contribution in [2.24, 2.45) is 11.8 Å². The van der Waals surface area contributed by atoms with E-state index in [4.69, 9.17) is 0 Å². The van der Waals surface area contributed by atoms with Gasteiger partial charge in [0.1, 0.15) is 5.65 Å². The number of nitrogens with one attached hydrogen (secondary N) is 2. The predicted octanol–water partition coefficient (Wildman–Crippen LogP) is 2.57. The Hall–Kier alpha value is -2.04.